The lowest BCUT2D eigenvalue weighted by atomic mass is 10.0. The van der Waals surface area contributed by atoms with Gasteiger partial charge >= 0.3 is 11.9 Å². The summed E-state index contributed by atoms with van der Waals surface area (Å²) in [4.78, 5) is 58.4. The largest absolute Gasteiger partial charge is 0.481 e. The average Bonchev–Trinajstić information content (AvgIpc) is 3.59. The smallest absolute Gasteiger partial charge is 0.303 e. The summed E-state index contributed by atoms with van der Waals surface area (Å²) < 4.78 is 0. The fourth-order valence-electron chi connectivity index (χ4n) is 5.34. The minimum Gasteiger partial charge on any atom is -0.481 e. The summed E-state index contributed by atoms with van der Waals surface area (Å²) in [6.07, 6.45) is 8.80. The minimum atomic E-state index is -0.941. The van der Waals surface area contributed by atoms with E-state index >= 15 is 0 Å². The Hall–Kier alpha value is -5.25. The fourth-order valence-corrected chi connectivity index (χ4v) is 5.34. The van der Waals surface area contributed by atoms with Crippen molar-refractivity contribution in [3.63, 3.8) is 0 Å². The number of nitrogens with zero attached hydrogens (tertiary/aromatic N) is 1. The Morgan fingerprint density at radius 2 is 1.40 bits per heavy atom. The topological polar surface area (TPSA) is 165 Å². The Morgan fingerprint density at radius 3 is 1.98 bits per heavy atom. The molecule has 0 saturated heterocycles. The number of allylic oxidation sites excluding steroid dienone is 2. The molecular weight excluding hydrogens is 548 g/mol. The number of carbonyl (C=O) groups excluding carboxylic acids is 2. The first-order chi connectivity index (χ1) is 20.4. The molecule has 2 aliphatic rings. The molecule has 0 unspecified atom stereocenters. The van der Waals surface area contributed by atoms with Crippen LogP contribution in [-0.4, -0.2) is 49.6 Å². The minimum absolute atomic E-state index is 0.0943. The average molecular weight is 583 g/mol. The number of aromatic amines is 2. The van der Waals surface area contributed by atoms with Crippen LogP contribution in [0.2, 0.25) is 0 Å². The van der Waals surface area contributed by atoms with E-state index in [0.29, 0.717) is 55.8 Å². The zero-order valence-corrected chi connectivity index (χ0v) is 24.6. The highest BCUT2D eigenvalue weighted by molar-refractivity contribution is 6.31. The number of carboxylic acid groups (broad SMARTS) is 2. The van der Waals surface area contributed by atoms with Gasteiger partial charge in [-0.15, -0.1) is 0 Å². The molecular formula is C33H34N4O6. The number of H-pyrrole nitrogens is 2. The van der Waals surface area contributed by atoms with Gasteiger partial charge in [0.2, 0.25) is 0 Å². The van der Waals surface area contributed by atoms with Crippen LogP contribution in [0.3, 0.4) is 0 Å². The number of rotatable bonds is 11. The zero-order chi connectivity index (χ0) is 31.6. The third-order valence-electron chi connectivity index (χ3n) is 7.87. The molecule has 10 heteroatoms. The van der Waals surface area contributed by atoms with Crippen LogP contribution in [0.5, 0.6) is 0 Å². The van der Waals surface area contributed by atoms with E-state index in [4.69, 9.17) is 0 Å². The van der Waals surface area contributed by atoms with Gasteiger partial charge < -0.3 is 25.5 Å². The van der Waals surface area contributed by atoms with Gasteiger partial charge in [-0.05, 0) is 86.6 Å². The highest BCUT2D eigenvalue weighted by Gasteiger charge is 2.23. The molecule has 5 N–H and O–H groups in total. The van der Waals surface area contributed by atoms with Crippen LogP contribution >= 0.6 is 0 Å². The van der Waals surface area contributed by atoms with Crippen LogP contribution in [0.1, 0.15) is 60.3 Å². The van der Waals surface area contributed by atoms with E-state index in [1.807, 2.05) is 19.9 Å². The quantitative estimate of drug-likeness (QED) is 0.273. The first-order valence-electron chi connectivity index (χ1n) is 13.8. The molecule has 4 heterocycles. The van der Waals surface area contributed by atoms with E-state index in [1.54, 1.807) is 32.1 Å². The maximum absolute atomic E-state index is 12.3. The molecule has 4 rings (SSSR count). The maximum atomic E-state index is 12.3. The maximum Gasteiger partial charge on any atom is 0.303 e. The summed E-state index contributed by atoms with van der Waals surface area (Å²) in [5, 5.41) is 23.0. The Morgan fingerprint density at radius 1 is 0.767 bits per heavy atom. The van der Waals surface area contributed by atoms with Gasteiger partial charge in [-0.2, -0.15) is 0 Å². The number of carboxylic acids is 2. The van der Waals surface area contributed by atoms with Gasteiger partial charge in [0.05, 0.1) is 11.4 Å². The van der Waals surface area contributed by atoms with Crippen molar-refractivity contribution in [1.82, 2.24) is 15.3 Å². The van der Waals surface area contributed by atoms with Crippen molar-refractivity contribution in [1.29, 1.82) is 0 Å². The zero-order valence-electron chi connectivity index (χ0n) is 24.6. The molecule has 0 fully saturated rings. The van der Waals surface area contributed by atoms with Crippen LogP contribution in [0, 0.1) is 13.8 Å². The van der Waals surface area contributed by atoms with E-state index < -0.39 is 11.9 Å². The number of carbonyl (C=O) groups is 4. The highest BCUT2D eigenvalue weighted by atomic mass is 16.4. The van der Waals surface area contributed by atoms with Gasteiger partial charge in [-0.3, -0.25) is 19.2 Å². The molecule has 0 saturated carbocycles. The summed E-state index contributed by atoms with van der Waals surface area (Å²) in [5.74, 6) is -2.46. The lowest BCUT2D eigenvalue weighted by Crippen LogP contribution is -2.15. The second-order valence-electron chi connectivity index (χ2n) is 10.5. The van der Waals surface area contributed by atoms with Gasteiger partial charge in [0.25, 0.3) is 11.8 Å². The molecule has 2 aromatic rings. The molecule has 2 amide bonds. The number of aliphatic imine (C=N–C) groups is 1. The van der Waals surface area contributed by atoms with Crippen LogP contribution in [0.15, 0.2) is 58.3 Å². The fraction of sp³-hybridized carbons (Fsp3) is 0.242. The van der Waals surface area contributed by atoms with Crippen LogP contribution in [0.25, 0.3) is 18.2 Å². The molecule has 0 spiro atoms. The normalized spacial score (nSPS) is 16.9. The van der Waals surface area contributed by atoms with E-state index in [-0.39, 0.29) is 37.5 Å². The second kappa shape index (κ2) is 12.3. The predicted octanol–water partition coefficient (Wildman–Crippen LogP) is 3.06. The molecule has 222 valence electrons. The standard InChI is InChI=1S/C33H34N4O6/c1-7-20-19(6)32(42)37-27(20)14-25-18(5)23(10-12-31(40)41)29(35-25)15-28-22(9-11-30(38)39)17(4)24(34-28)13-26-16(3)21(8-2)33(43)36-26/h7-8,13-15,34-35H,1-2,9-12H2,3-6H3,(H,37,42)(H,38,39)(H,40,41). The Kier molecular flexibility index (Phi) is 8.80. The van der Waals surface area contributed by atoms with Crippen molar-refractivity contribution in [2.24, 2.45) is 4.99 Å². The molecule has 0 radical (unpaired) electrons. The van der Waals surface area contributed by atoms with Crippen LogP contribution in [-0.2, 0) is 32.0 Å². The highest BCUT2D eigenvalue weighted by Crippen LogP contribution is 2.27. The molecule has 0 atom stereocenters. The van der Waals surface area contributed by atoms with Gasteiger partial charge in [0, 0.05) is 51.6 Å². The van der Waals surface area contributed by atoms with E-state index in [0.717, 1.165) is 22.3 Å². The van der Waals surface area contributed by atoms with Crippen molar-refractivity contribution < 1.29 is 29.4 Å². The molecule has 0 bridgehead atoms. The number of hydrogen-bond acceptors (Lipinski definition) is 4. The number of amides is 2. The Balaban J connectivity index is 1.92. The predicted molar refractivity (Wildman–Crippen MR) is 165 cm³/mol. The van der Waals surface area contributed by atoms with Crippen LogP contribution in [0.4, 0.5) is 0 Å². The first kappa shape index (κ1) is 30.7. The van der Waals surface area contributed by atoms with E-state index in [9.17, 15) is 29.4 Å². The second-order valence-corrected chi connectivity index (χ2v) is 10.5. The monoisotopic (exact) mass is 582 g/mol. The van der Waals surface area contributed by atoms with Crippen molar-refractivity contribution >= 4 is 47.7 Å². The molecule has 0 aromatic carbocycles. The van der Waals surface area contributed by atoms with Crippen molar-refractivity contribution in [2.45, 2.75) is 53.4 Å². The van der Waals surface area contributed by atoms with Crippen molar-refractivity contribution in [3.8, 4) is 0 Å². The molecule has 0 aliphatic carbocycles. The molecule has 10 nitrogen and oxygen atoms in total. The number of nitrogens with one attached hydrogen (secondary N) is 3. The summed E-state index contributed by atoms with van der Waals surface area (Å²) in [5.41, 5.74) is 7.97. The van der Waals surface area contributed by atoms with Crippen LogP contribution < -0.4 is 16.0 Å². The van der Waals surface area contributed by atoms with Gasteiger partial charge in [0.1, 0.15) is 0 Å². The molecule has 2 aliphatic heterocycles. The van der Waals surface area contributed by atoms with Crippen molar-refractivity contribution in [3.05, 3.63) is 97.6 Å². The van der Waals surface area contributed by atoms with Crippen molar-refractivity contribution in [2.75, 3.05) is 0 Å². The molecule has 43 heavy (non-hydrogen) atoms. The number of aromatic nitrogens is 2. The SMILES string of the molecule is C=CC1=C(C)C(C=c2[nH]c(=Cc3[nH]c(C=C4NC(=O)C(C)=C4C=C)c(C)c3CCC(=O)O)c(CCC(=O)O)c2C)=NC1=O. The summed E-state index contributed by atoms with van der Waals surface area (Å²) in [7, 11) is 0. The van der Waals surface area contributed by atoms with Gasteiger partial charge in [-0.25, -0.2) is 4.99 Å². The lowest BCUT2D eigenvalue weighted by molar-refractivity contribution is -0.138. The van der Waals surface area contributed by atoms with E-state index in [1.165, 1.54) is 6.08 Å². The summed E-state index contributed by atoms with van der Waals surface area (Å²) in [6, 6.07) is 0. The Labute approximate surface area is 248 Å². The molecule has 2 aromatic heterocycles. The lowest BCUT2D eigenvalue weighted by Gasteiger charge is -2.02. The third-order valence-corrected chi connectivity index (χ3v) is 7.87. The summed E-state index contributed by atoms with van der Waals surface area (Å²) >= 11 is 0. The summed E-state index contributed by atoms with van der Waals surface area (Å²) in [6.45, 7) is 14.8. The number of aliphatic carboxylic acids is 2. The van der Waals surface area contributed by atoms with Gasteiger partial charge in [0.15, 0.2) is 0 Å². The number of hydrogen-bond donors (Lipinski definition) is 5. The van der Waals surface area contributed by atoms with Gasteiger partial charge in [-0.1, -0.05) is 25.3 Å². The third kappa shape index (κ3) is 6.18. The Bertz CT molecular complexity index is 1860. The first-order valence-corrected chi connectivity index (χ1v) is 13.8. The van der Waals surface area contributed by atoms with E-state index in [2.05, 4.69) is 33.4 Å².